The van der Waals surface area contributed by atoms with Gasteiger partial charge in [-0.05, 0) is 62.9 Å². The Hall–Kier alpha value is -2.01. The molecule has 26 heavy (non-hydrogen) atoms. The van der Waals surface area contributed by atoms with Crippen LogP contribution in [0.25, 0.3) is 10.9 Å². The summed E-state index contributed by atoms with van der Waals surface area (Å²) in [5, 5.41) is 4.31. The number of nitrogens with zero attached hydrogens (tertiary/aromatic N) is 1. The standard InChI is InChI=1S/C21H29N3O2/c1-14-11-17-16(13-22-18(17)12-15(14)2)5-8-24-9-6-21(7-10-24)20(3,4)23-19(25)26-21/h11-13,22H,5-10H2,1-4H3,(H,23,25). The molecule has 2 fully saturated rings. The fourth-order valence-corrected chi connectivity index (χ4v) is 4.49. The first-order chi connectivity index (χ1) is 12.3. The first kappa shape index (κ1) is 17.4. The highest BCUT2D eigenvalue weighted by Gasteiger charge is 2.55. The number of piperidine rings is 1. The van der Waals surface area contributed by atoms with Crippen molar-refractivity contribution in [1.82, 2.24) is 15.2 Å². The monoisotopic (exact) mass is 355 g/mol. The van der Waals surface area contributed by atoms with Crippen molar-refractivity contribution in [2.75, 3.05) is 19.6 Å². The van der Waals surface area contributed by atoms with Gasteiger partial charge in [-0.25, -0.2) is 4.79 Å². The van der Waals surface area contributed by atoms with Crippen LogP contribution in [-0.2, 0) is 11.2 Å². The minimum Gasteiger partial charge on any atom is -0.440 e. The smallest absolute Gasteiger partial charge is 0.408 e. The number of ether oxygens (including phenoxy) is 1. The van der Waals surface area contributed by atoms with Crippen molar-refractivity contribution in [3.63, 3.8) is 0 Å². The number of carbonyl (C=O) groups excluding carboxylic acids is 1. The summed E-state index contributed by atoms with van der Waals surface area (Å²) >= 11 is 0. The molecular formula is C21H29N3O2. The van der Waals surface area contributed by atoms with Gasteiger partial charge in [-0.2, -0.15) is 0 Å². The summed E-state index contributed by atoms with van der Waals surface area (Å²) in [6.45, 7) is 11.5. The molecule has 2 saturated heterocycles. The van der Waals surface area contributed by atoms with Gasteiger partial charge in [-0.15, -0.1) is 0 Å². The summed E-state index contributed by atoms with van der Waals surface area (Å²) in [4.78, 5) is 17.6. The van der Waals surface area contributed by atoms with E-state index in [0.717, 1.165) is 38.9 Å². The van der Waals surface area contributed by atoms with Crippen LogP contribution in [0, 0.1) is 13.8 Å². The van der Waals surface area contributed by atoms with E-state index in [1.54, 1.807) is 0 Å². The van der Waals surface area contributed by atoms with Crippen molar-refractivity contribution in [3.05, 3.63) is 35.0 Å². The topological polar surface area (TPSA) is 57.4 Å². The maximum Gasteiger partial charge on any atom is 0.408 e. The number of hydrogen-bond acceptors (Lipinski definition) is 3. The third kappa shape index (κ3) is 2.78. The van der Waals surface area contributed by atoms with Gasteiger partial charge < -0.3 is 19.9 Å². The van der Waals surface area contributed by atoms with Gasteiger partial charge in [0, 0.05) is 49.6 Å². The summed E-state index contributed by atoms with van der Waals surface area (Å²) in [5.41, 5.74) is 4.65. The van der Waals surface area contributed by atoms with Crippen LogP contribution in [0.4, 0.5) is 4.79 Å². The van der Waals surface area contributed by atoms with E-state index in [9.17, 15) is 4.79 Å². The lowest BCUT2D eigenvalue weighted by atomic mass is 9.76. The van der Waals surface area contributed by atoms with Crippen molar-refractivity contribution >= 4 is 17.0 Å². The highest BCUT2D eigenvalue weighted by atomic mass is 16.6. The van der Waals surface area contributed by atoms with Gasteiger partial charge in [0.15, 0.2) is 0 Å². The number of alkyl carbamates (subject to hydrolysis) is 1. The molecule has 1 spiro atoms. The van der Waals surface area contributed by atoms with E-state index >= 15 is 0 Å². The Bertz CT molecular complexity index is 844. The van der Waals surface area contributed by atoms with Crippen molar-refractivity contribution in [2.45, 2.75) is 58.1 Å². The lowest BCUT2D eigenvalue weighted by Crippen LogP contribution is -2.57. The molecule has 140 valence electrons. The average Bonchev–Trinajstić information content (AvgIpc) is 3.05. The molecule has 0 atom stereocenters. The second-order valence-electron chi connectivity index (χ2n) is 8.52. The molecule has 5 heteroatoms. The highest BCUT2D eigenvalue weighted by Crippen LogP contribution is 2.40. The lowest BCUT2D eigenvalue weighted by molar-refractivity contribution is -0.0401. The molecule has 1 aromatic carbocycles. The molecule has 1 amide bonds. The van der Waals surface area contributed by atoms with Crippen molar-refractivity contribution in [3.8, 4) is 0 Å². The van der Waals surface area contributed by atoms with Crippen LogP contribution >= 0.6 is 0 Å². The molecule has 1 aromatic heterocycles. The number of aromatic amines is 1. The molecule has 0 aliphatic carbocycles. The number of amides is 1. The summed E-state index contributed by atoms with van der Waals surface area (Å²) in [6, 6.07) is 4.54. The zero-order valence-electron chi connectivity index (χ0n) is 16.2. The predicted octanol–water partition coefficient (Wildman–Crippen LogP) is 3.68. The summed E-state index contributed by atoms with van der Waals surface area (Å²) in [7, 11) is 0. The van der Waals surface area contributed by atoms with Crippen LogP contribution in [0.2, 0.25) is 0 Å². The van der Waals surface area contributed by atoms with E-state index < -0.39 is 0 Å². The van der Waals surface area contributed by atoms with E-state index in [-0.39, 0.29) is 17.2 Å². The van der Waals surface area contributed by atoms with Gasteiger partial charge in [0.05, 0.1) is 5.54 Å². The number of benzene rings is 1. The van der Waals surface area contributed by atoms with Crippen LogP contribution in [0.3, 0.4) is 0 Å². The van der Waals surface area contributed by atoms with Crippen molar-refractivity contribution in [1.29, 1.82) is 0 Å². The minimum atomic E-state index is -0.351. The first-order valence-electron chi connectivity index (χ1n) is 9.60. The van der Waals surface area contributed by atoms with E-state index in [4.69, 9.17) is 4.74 Å². The summed E-state index contributed by atoms with van der Waals surface area (Å²) in [6.07, 6.45) is 4.71. The second-order valence-corrected chi connectivity index (χ2v) is 8.52. The Morgan fingerprint density at radius 2 is 1.85 bits per heavy atom. The number of hydrogen-bond donors (Lipinski definition) is 2. The van der Waals surface area contributed by atoms with Gasteiger partial charge in [-0.3, -0.25) is 0 Å². The molecule has 0 saturated carbocycles. The Labute approximate surface area is 155 Å². The molecule has 3 heterocycles. The molecule has 2 aliphatic rings. The number of fused-ring (bicyclic) bond motifs is 1. The number of nitrogens with one attached hydrogen (secondary N) is 2. The fraction of sp³-hybridized carbons (Fsp3) is 0.571. The van der Waals surface area contributed by atoms with E-state index in [1.807, 2.05) is 0 Å². The minimum absolute atomic E-state index is 0.270. The highest BCUT2D eigenvalue weighted by molar-refractivity contribution is 5.84. The zero-order valence-corrected chi connectivity index (χ0v) is 16.2. The maximum absolute atomic E-state index is 11.7. The third-order valence-electron chi connectivity index (χ3n) is 6.58. The quantitative estimate of drug-likeness (QED) is 0.883. The largest absolute Gasteiger partial charge is 0.440 e. The Morgan fingerprint density at radius 1 is 1.15 bits per heavy atom. The van der Waals surface area contributed by atoms with E-state index in [2.05, 4.69) is 61.2 Å². The van der Waals surface area contributed by atoms with Crippen LogP contribution in [-0.4, -0.2) is 46.8 Å². The Balaban J connectivity index is 1.40. The molecular weight excluding hydrogens is 326 g/mol. The van der Waals surface area contributed by atoms with Gasteiger partial charge >= 0.3 is 6.09 Å². The number of H-pyrrole nitrogens is 1. The van der Waals surface area contributed by atoms with Crippen LogP contribution < -0.4 is 5.32 Å². The van der Waals surface area contributed by atoms with Crippen molar-refractivity contribution in [2.24, 2.45) is 0 Å². The SMILES string of the molecule is Cc1cc2[nH]cc(CCN3CCC4(CC3)OC(=O)NC4(C)C)c2cc1C. The first-order valence-corrected chi connectivity index (χ1v) is 9.60. The molecule has 4 rings (SSSR count). The molecule has 2 aromatic rings. The lowest BCUT2D eigenvalue weighted by Gasteiger charge is -2.44. The third-order valence-corrected chi connectivity index (χ3v) is 6.58. The molecule has 0 radical (unpaired) electrons. The summed E-state index contributed by atoms with van der Waals surface area (Å²) in [5.74, 6) is 0. The molecule has 0 bridgehead atoms. The van der Waals surface area contributed by atoms with Gasteiger partial charge in [-0.1, -0.05) is 0 Å². The van der Waals surface area contributed by atoms with Gasteiger partial charge in [0.1, 0.15) is 5.60 Å². The van der Waals surface area contributed by atoms with E-state index in [1.165, 1.54) is 27.6 Å². The zero-order chi connectivity index (χ0) is 18.5. The average molecular weight is 355 g/mol. The number of aryl methyl sites for hydroxylation is 2. The molecule has 2 aliphatic heterocycles. The number of aromatic nitrogens is 1. The number of likely N-dealkylation sites (tertiary alicyclic amines) is 1. The number of rotatable bonds is 3. The maximum atomic E-state index is 11.7. The molecule has 0 unspecified atom stereocenters. The van der Waals surface area contributed by atoms with Gasteiger partial charge in [0.2, 0.25) is 0 Å². The normalized spacial score (nSPS) is 21.9. The van der Waals surface area contributed by atoms with Crippen LogP contribution in [0.15, 0.2) is 18.3 Å². The Morgan fingerprint density at radius 3 is 2.50 bits per heavy atom. The Kier molecular flexibility index (Phi) is 4.03. The van der Waals surface area contributed by atoms with Crippen LogP contribution in [0.5, 0.6) is 0 Å². The van der Waals surface area contributed by atoms with Crippen LogP contribution in [0.1, 0.15) is 43.4 Å². The van der Waals surface area contributed by atoms with Gasteiger partial charge in [0.25, 0.3) is 0 Å². The molecule has 5 nitrogen and oxygen atoms in total. The summed E-state index contributed by atoms with van der Waals surface area (Å²) < 4.78 is 5.70. The molecule has 2 N–H and O–H groups in total. The predicted molar refractivity (Wildman–Crippen MR) is 104 cm³/mol. The number of carbonyl (C=O) groups is 1. The fourth-order valence-electron chi connectivity index (χ4n) is 4.49. The van der Waals surface area contributed by atoms with Crippen molar-refractivity contribution < 1.29 is 9.53 Å². The van der Waals surface area contributed by atoms with E-state index in [0.29, 0.717) is 0 Å². The second kappa shape index (κ2) is 6.02.